The molecule has 1 fully saturated rings. The molecule has 11 heteroatoms. The predicted molar refractivity (Wildman–Crippen MR) is 155 cm³/mol. The van der Waals surface area contributed by atoms with Gasteiger partial charge in [-0.1, -0.05) is 24.8 Å². The Morgan fingerprint density at radius 1 is 1.02 bits per heavy atom. The molecule has 3 aromatic carbocycles. The molecule has 5 rings (SSSR count). The van der Waals surface area contributed by atoms with Gasteiger partial charge in [-0.15, -0.1) is 0 Å². The number of aromatic nitrogens is 2. The first kappa shape index (κ1) is 27.4. The topological polar surface area (TPSA) is 129 Å². The largest absolute Gasteiger partial charge is 0.495 e. The quantitative estimate of drug-likeness (QED) is 0.161. The van der Waals surface area contributed by atoms with Gasteiger partial charge in [0, 0.05) is 49.5 Å². The molecule has 4 aromatic rings. The number of nitro benzene ring substituents is 1. The number of rotatable bonds is 9. The molecule has 0 unspecified atom stereocenters. The van der Waals surface area contributed by atoms with Gasteiger partial charge >= 0.3 is 0 Å². The molecular formula is C30H29N5O6. The van der Waals surface area contributed by atoms with Crippen molar-refractivity contribution in [3.05, 3.63) is 83.7 Å². The van der Waals surface area contributed by atoms with Crippen molar-refractivity contribution in [3.63, 3.8) is 0 Å². The van der Waals surface area contributed by atoms with Crippen molar-refractivity contribution in [2.75, 3.05) is 32.6 Å². The molecule has 2 heterocycles. The van der Waals surface area contributed by atoms with Gasteiger partial charge in [-0.3, -0.25) is 14.9 Å². The Morgan fingerprint density at radius 2 is 1.78 bits per heavy atom. The van der Waals surface area contributed by atoms with E-state index in [0.29, 0.717) is 71.2 Å². The van der Waals surface area contributed by atoms with Crippen LogP contribution in [0.1, 0.15) is 12.8 Å². The molecule has 1 amide bonds. The SMILES string of the molecule is C=CC(=O)N1CCC(Oc2cc3c(Nc4cc(-c5cccc([N+](=O)[O-])c5)ccc4OC)ncnc3cc2OC)CC1. The van der Waals surface area contributed by atoms with Crippen LogP contribution in [0.3, 0.4) is 0 Å². The van der Waals surface area contributed by atoms with Crippen LogP contribution in [0.25, 0.3) is 22.0 Å². The number of methoxy groups -OCH3 is 2. The van der Waals surface area contributed by atoms with Crippen LogP contribution in [-0.4, -0.2) is 59.1 Å². The molecule has 1 N–H and O–H groups in total. The van der Waals surface area contributed by atoms with Crippen molar-refractivity contribution < 1.29 is 23.9 Å². The monoisotopic (exact) mass is 555 g/mol. The third kappa shape index (κ3) is 5.88. The summed E-state index contributed by atoms with van der Waals surface area (Å²) in [5.74, 6) is 2.09. The average Bonchev–Trinajstić information content (AvgIpc) is 3.01. The molecule has 1 aliphatic heterocycles. The van der Waals surface area contributed by atoms with Gasteiger partial charge in [-0.25, -0.2) is 9.97 Å². The summed E-state index contributed by atoms with van der Waals surface area (Å²) in [6.45, 7) is 4.73. The number of nitro groups is 1. The number of fused-ring (bicyclic) bond motifs is 1. The van der Waals surface area contributed by atoms with E-state index >= 15 is 0 Å². The minimum atomic E-state index is -0.419. The molecule has 0 radical (unpaired) electrons. The summed E-state index contributed by atoms with van der Waals surface area (Å²) in [6, 6.07) is 15.6. The van der Waals surface area contributed by atoms with Gasteiger partial charge in [-0.05, 0) is 35.4 Å². The summed E-state index contributed by atoms with van der Waals surface area (Å²) >= 11 is 0. The molecule has 0 aliphatic carbocycles. The van der Waals surface area contributed by atoms with E-state index in [1.807, 2.05) is 24.3 Å². The van der Waals surface area contributed by atoms with Crippen molar-refractivity contribution in [3.8, 4) is 28.4 Å². The normalized spacial score (nSPS) is 13.5. The Hall–Kier alpha value is -5.19. The smallest absolute Gasteiger partial charge is 0.270 e. The Kier molecular flexibility index (Phi) is 7.95. The number of ether oxygens (including phenoxy) is 3. The second kappa shape index (κ2) is 11.9. The van der Waals surface area contributed by atoms with E-state index in [9.17, 15) is 14.9 Å². The second-order valence-corrected chi connectivity index (χ2v) is 9.44. The van der Waals surface area contributed by atoms with Crippen LogP contribution >= 0.6 is 0 Å². The van der Waals surface area contributed by atoms with Crippen molar-refractivity contribution in [2.45, 2.75) is 18.9 Å². The number of carbonyl (C=O) groups excluding carboxylic acids is 1. The molecule has 210 valence electrons. The Balaban J connectivity index is 1.46. The zero-order chi connectivity index (χ0) is 28.9. The van der Waals surface area contributed by atoms with Crippen LogP contribution in [-0.2, 0) is 4.79 Å². The summed E-state index contributed by atoms with van der Waals surface area (Å²) in [4.78, 5) is 33.5. The molecule has 41 heavy (non-hydrogen) atoms. The van der Waals surface area contributed by atoms with E-state index in [4.69, 9.17) is 14.2 Å². The van der Waals surface area contributed by atoms with Gasteiger partial charge in [0.25, 0.3) is 5.69 Å². The Labute approximate surface area is 236 Å². The number of piperidine rings is 1. The van der Waals surface area contributed by atoms with Crippen molar-refractivity contribution in [1.82, 2.24) is 14.9 Å². The summed E-state index contributed by atoms with van der Waals surface area (Å²) < 4.78 is 17.5. The van der Waals surface area contributed by atoms with Gasteiger partial charge in [0.05, 0.1) is 30.3 Å². The first-order valence-corrected chi connectivity index (χ1v) is 13.0. The maximum Gasteiger partial charge on any atom is 0.270 e. The second-order valence-electron chi connectivity index (χ2n) is 9.44. The minimum Gasteiger partial charge on any atom is -0.495 e. The Morgan fingerprint density at radius 3 is 2.49 bits per heavy atom. The zero-order valence-electron chi connectivity index (χ0n) is 22.7. The Bertz CT molecular complexity index is 1620. The van der Waals surface area contributed by atoms with Crippen molar-refractivity contribution in [1.29, 1.82) is 0 Å². The van der Waals surface area contributed by atoms with E-state index in [0.717, 1.165) is 5.56 Å². The lowest BCUT2D eigenvalue weighted by Crippen LogP contribution is -2.41. The molecule has 1 aromatic heterocycles. The van der Waals surface area contributed by atoms with Gasteiger partial charge in [0.15, 0.2) is 11.5 Å². The highest BCUT2D eigenvalue weighted by Crippen LogP contribution is 2.38. The number of hydrogen-bond acceptors (Lipinski definition) is 9. The highest BCUT2D eigenvalue weighted by molar-refractivity contribution is 5.94. The third-order valence-corrected chi connectivity index (χ3v) is 6.99. The summed E-state index contributed by atoms with van der Waals surface area (Å²) in [6.07, 6.45) is 4.05. The van der Waals surface area contributed by atoms with Crippen LogP contribution < -0.4 is 19.5 Å². The summed E-state index contributed by atoms with van der Waals surface area (Å²) in [5, 5.41) is 15.3. The maximum absolute atomic E-state index is 11.9. The first-order chi connectivity index (χ1) is 19.9. The molecule has 0 bridgehead atoms. The number of likely N-dealkylation sites (tertiary alicyclic amines) is 1. The first-order valence-electron chi connectivity index (χ1n) is 13.0. The average molecular weight is 556 g/mol. The molecule has 0 atom stereocenters. The highest BCUT2D eigenvalue weighted by Gasteiger charge is 2.24. The number of nitrogens with zero attached hydrogens (tertiary/aromatic N) is 4. The maximum atomic E-state index is 11.9. The lowest BCUT2D eigenvalue weighted by molar-refractivity contribution is -0.384. The number of nitrogens with one attached hydrogen (secondary N) is 1. The van der Waals surface area contributed by atoms with E-state index in [-0.39, 0.29) is 17.7 Å². The van der Waals surface area contributed by atoms with Crippen LogP contribution in [0.2, 0.25) is 0 Å². The number of non-ortho nitro benzene ring substituents is 1. The number of amides is 1. The van der Waals surface area contributed by atoms with Gasteiger partial charge in [0.1, 0.15) is 24.0 Å². The van der Waals surface area contributed by atoms with Crippen LogP contribution in [0.4, 0.5) is 17.2 Å². The summed E-state index contributed by atoms with van der Waals surface area (Å²) in [5.41, 5.74) is 2.73. The van der Waals surface area contributed by atoms with Crippen molar-refractivity contribution in [2.24, 2.45) is 0 Å². The van der Waals surface area contributed by atoms with Gasteiger partial charge in [0.2, 0.25) is 5.91 Å². The van der Waals surface area contributed by atoms with E-state index in [1.54, 1.807) is 37.3 Å². The fourth-order valence-electron chi connectivity index (χ4n) is 4.83. The van der Waals surface area contributed by atoms with E-state index < -0.39 is 4.92 Å². The zero-order valence-corrected chi connectivity index (χ0v) is 22.7. The molecular weight excluding hydrogens is 526 g/mol. The lowest BCUT2D eigenvalue weighted by Gasteiger charge is -2.31. The lowest BCUT2D eigenvalue weighted by atomic mass is 10.0. The molecule has 11 nitrogen and oxygen atoms in total. The molecule has 1 aliphatic rings. The summed E-state index contributed by atoms with van der Waals surface area (Å²) in [7, 11) is 3.14. The number of benzene rings is 3. The number of carbonyl (C=O) groups is 1. The molecule has 0 saturated carbocycles. The predicted octanol–water partition coefficient (Wildman–Crippen LogP) is 5.52. The van der Waals surface area contributed by atoms with Crippen LogP contribution in [0.15, 0.2) is 73.6 Å². The van der Waals surface area contributed by atoms with Gasteiger partial charge in [-0.2, -0.15) is 0 Å². The fraction of sp³-hybridized carbons (Fsp3) is 0.233. The molecule has 1 saturated heterocycles. The van der Waals surface area contributed by atoms with E-state index in [1.165, 1.54) is 24.5 Å². The standard InChI is InChI=1S/C30H29N5O6/c1-4-29(36)34-12-10-22(11-13-34)41-28-16-23-24(17-27(28)40-3)31-18-32-30(23)33-25-15-20(8-9-26(25)39-2)19-6-5-7-21(14-19)35(37)38/h4-9,14-18,22H,1,10-13H2,2-3H3,(H,31,32,33). The minimum absolute atomic E-state index is 0.00840. The van der Waals surface area contributed by atoms with Crippen LogP contribution in [0, 0.1) is 10.1 Å². The van der Waals surface area contributed by atoms with Crippen LogP contribution in [0.5, 0.6) is 17.2 Å². The fourth-order valence-corrected chi connectivity index (χ4v) is 4.83. The van der Waals surface area contributed by atoms with Crippen molar-refractivity contribution >= 4 is 34.0 Å². The van der Waals surface area contributed by atoms with Gasteiger partial charge < -0.3 is 24.4 Å². The van der Waals surface area contributed by atoms with E-state index in [2.05, 4.69) is 21.9 Å². The highest BCUT2D eigenvalue weighted by atomic mass is 16.6. The number of anilines is 2. The third-order valence-electron chi connectivity index (χ3n) is 6.99. The number of hydrogen-bond donors (Lipinski definition) is 1. The molecule has 0 spiro atoms.